The average molecular weight is 264 g/mol. The highest BCUT2D eigenvalue weighted by Gasteiger charge is 2.23. The second-order valence-electron chi connectivity index (χ2n) is 5.41. The van der Waals surface area contributed by atoms with Crippen molar-refractivity contribution in [2.45, 2.75) is 46.2 Å². The van der Waals surface area contributed by atoms with Gasteiger partial charge in [-0.3, -0.25) is 9.48 Å². The first-order valence-electron chi connectivity index (χ1n) is 7.06. The third kappa shape index (κ3) is 2.97. The van der Waals surface area contributed by atoms with Crippen LogP contribution in [0.25, 0.3) is 0 Å². The maximum atomic E-state index is 12.4. The second kappa shape index (κ2) is 5.74. The van der Waals surface area contributed by atoms with Crippen molar-refractivity contribution in [1.82, 2.24) is 20.0 Å². The summed E-state index contributed by atoms with van der Waals surface area (Å²) in [5.41, 5.74) is 2.54. The molecule has 0 aliphatic carbocycles. The highest BCUT2D eigenvalue weighted by molar-refractivity contribution is 5.96. The molecule has 0 unspecified atom stereocenters. The lowest BCUT2D eigenvalue weighted by Crippen LogP contribution is -2.43. The molecule has 5 nitrogen and oxygen atoms in total. The fraction of sp³-hybridized carbons (Fsp3) is 0.714. The molecule has 0 bridgehead atoms. The summed E-state index contributed by atoms with van der Waals surface area (Å²) < 4.78 is 1.89. The Morgan fingerprint density at radius 1 is 1.37 bits per heavy atom. The summed E-state index contributed by atoms with van der Waals surface area (Å²) in [5.74, 6) is 0.0317. The number of carbonyl (C=O) groups is 1. The molecule has 106 valence electrons. The van der Waals surface area contributed by atoms with Crippen molar-refractivity contribution in [2.24, 2.45) is 0 Å². The maximum absolute atomic E-state index is 12.4. The van der Waals surface area contributed by atoms with Crippen LogP contribution in [0.5, 0.6) is 0 Å². The smallest absolute Gasteiger partial charge is 0.255 e. The van der Waals surface area contributed by atoms with Crippen LogP contribution in [0.2, 0.25) is 0 Å². The van der Waals surface area contributed by atoms with Gasteiger partial charge in [0.15, 0.2) is 0 Å². The number of piperidine rings is 1. The van der Waals surface area contributed by atoms with E-state index in [1.165, 1.54) is 0 Å². The molecule has 1 saturated heterocycles. The second-order valence-corrected chi connectivity index (χ2v) is 5.41. The Hall–Kier alpha value is -1.36. The minimum atomic E-state index is 0.0317. The Labute approximate surface area is 115 Å². The number of hydrogen-bond donors (Lipinski definition) is 1. The Morgan fingerprint density at radius 3 is 2.53 bits per heavy atom. The predicted molar refractivity (Wildman–Crippen MR) is 75.4 cm³/mol. The topological polar surface area (TPSA) is 50.2 Å². The largest absolute Gasteiger partial charge is 0.349 e. The number of aryl methyl sites for hydroxylation is 2. The SMILES string of the molecule is CCn1nc(C)c(C(=O)NC2CCN(C)CC2)c1C. The minimum absolute atomic E-state index is 0.0317. The summed E-state index contributed by atoms with van der Waals surface area (Å²) >= 11 is 0. The van der Waals surface area contributed by atoms with Crippen molar-refractivity contribution in [3.8, 4) is 0 Å². The van der Waals surface area contributed by atoms with Crippen molar-refractivity contribution >= 4 is 5.91 Å². The number of hydrogen-bond acceptors (Lipinski definition) is 3. The number of rotatable bonds is 3. The molecule has 1 aliphatic heterocycles. The Kier molecular flexibility index (Phi) is 4.24. The highest BCUT2D eigenvalue weighted by Crippen LogP contribution is 2.15. The third-order valence-electron chi connectivity index (χ3n) is 3.96. The number of carbonyl (C=O) groups excluding carboxylic acids is 1. The molecule has 1 aromatic heterocycles. The van der Waals surface area contributed by atoms with Gasteiger partial charge in [-0.15, -0.1) is 0 Å². The first kappa shape index (κ1) is 14.1. The average Bonchev–Trinajstić information content (AvgIpc) is 2.67. The van der Waals surface area contributed by atoms with Gasteiger partial charge in [-0.1, -0.05) is 0 Å². The first-order chi connectivity index (χ1) is 9.02. The van der Waals surface area contributed by atoms with Gasteiger partial charge in [0.25, 0.3) is 5.91 Å². The lowest BCUT2D eigenvalue weighted by Gasteiger charge is -2.29. The molecule has 0 radical (unpaired) electrons. The van der Waals surface area contributed by atoms with E-state index < -0.39 is 0 Å². The van der Waals surface area contributed by atoms with Crippen LogP contribution in [0.1, 0.15) is 41.5 Å². The molecule has 2 rings (SSSR count). The maximum Gasteiger partial charge on any atom is 0.255 e. The molecular formula is C14H24N4O. The number of nitrogens with zero attached hydrogens (tertiary/aromatic N) is 3. The van der Waals surface area contributed by atoms with Gasteiger partial charge in [-0.25, -0.2) is 0 Å². The molecule has 1 aliphatic rings. The van der Waals surface area contributed by atoms with Crippen LogP contribution in [0.3, 0.4) is 0 Å². The van der Waals surface area contributed by atoms with E-state index in [1.807, 2.05) is 25.5 Å². The van der Waals surface area contributed by atoms with Crippen LogP contribution >= 0.6 is 0 Å². The van der Waals surface area contributed by atoms with Crippen LogP contribution in [0.4, 0.5) is 0 Å². The molecule has 0 atom stereocenters. The van der Waals surface area contributed by atoms with Crippen LogP contribution in [-0.2, 0) is 6.54 Å². The fourth-order valence-corrected chi connectivity index (χ4v) is 2.74. The van der Waals surface area contributed by atoms with Gasteiger partial charge in [-0.05, 0) is 53.8 Å². The summed E-state index contributed by atoms with van der Waals surface area (Å²) in [6, 6.07) is 0.299. The summed E-state index contributed by atoms with van der Waals surface area (Å²) in [7, 11) is 2.12. The van der Waals surface area contributed by atoms with Crippen molar-refractivity contribution < 1.29 is 4.79 Å². The van der Waals surface area contributed by atoms with E-state index in [0.29, 0.717) is 6.04 Å². The van der Waals surface area contributed by atoms with Gasteiger partial charge < -0.3 is 10.2 Å². The Morgan fingerprint density at radius 2 is 2.00 bits per heavy atom. The summed E-state index contributed by atoms with van der Waals surface area (Å²) in [5, 5.41) is 7.56. The molecule has 0 aromatic carbocycles. The molecule has 1 N–H and O–H groups in total. The number of nitrogens with one attached hydrogen (secondary N) is 1. The number of amides is 1. The minimum Gasteiger partial charge on any atom is -0.349 e. The van der Waals surface area contributed by atoms with Gasteiger partial charge in [0.2, 0.25) is 0 Å². The van der Waals surface area contributed by atoms with Gasteiger partial charge >= 0.3 is 0 Å². The monoisotopic (exact) mass is 264 g/mol. The number of aromatic nitrogens is 2. The van der Waals surface area contributed by atoms with Gasteiger partial charge in [0.05, 0.1) is 11.3 Å². The summed E-state index contributed by atoms with van der Waals surface area (Å²) in [6.07, 6.45) is 2.06. The zero-order valence-electron chi connectivity index (χ0n) is 12.4. The van der Waals surface area contributed by atoms with E-state index in [2.05, 4.69) is 22.4 Å². The Balaban J connectivity index is 2.06. The molecule has 19 heavy (non-hydrogen) atoms. The van der Waals surface area contributed by atoms with E-state index in [-0.39, 0.29) is 5.91 Å². The van der Waals surface area contributed by atoms with Gasteiger partial charge in [-0.2, -0.15) is 5.10 Å². The molecule has 1 amide bonds. The Bertz CT molecular complexity index is 458. The van der Waals surface area contributed by atoms with Crippen molar-refractivity contribution in [1.29, 1.82) is 0 Å². The van der Waals surface area contributed by atoms with Crippen molar-refractivity contribution in [3.63, 3.8) is 0 Å². The molecular weight excluding hydrogens is 240 g/mol. The summed E-state index contributed by atoms with van der Waals surface area (Å²) in [6.45, 7) is 8.82. The van der Waals surface area contributed by atoms with Crippen LogP contribution in [0, 0.1) is 13.8 Å². The van der Waals surface area contributed by atoms with Crippen LogP contribution in [-0.4, -0.2) is 46.8 Å². The van der Waals surface area contributed by atoms with Crippen LogP contribution < -0.4 is 5.32 Å². The van der Waals surface area contributed by atoms with Gasteiger partial charge in [0.1, 0.15) is 0 Å². The van der Waals surface area contributed by atoms with E-state index in [0.717, 1.165) is 49.4 Å². The fourth-order valence-electron chi connectivity index (χ4n) is 2.74. The molecule has 0 saturated carbocycles. The standard InChI is InChI=1S/C14H24N4O/c1-5-18-11(3)13(10(2)16-18)14(19)15-12-6-8-17(4)9-7-12/h12H,5-9H2,1-4H3,(H,15,19). The third-order valence-corrected chi connectivity index (χ3v) is 3.96. The van der Waals surface area contributed by atoms with Gasteiger partial charge in [0, 0.05) is 18.3 Å². The first-order valence-corrected chi connectivity index (χ1v) is 7.06. The summed E-state index contributed by atoms with van der Waals surface area (Å²) in [4.78, 5) is 14.7. The molecule has 5 heteroatoms. The lowest BCUT2D eigenvalue weighted by molar-refractivity contribution is 0.0915. The molecule has 0 spiro atoms. The van der Waals surface area contributed by atoms with E-state index in [9.17, 15) is 4.79 Å². The molecule has 2 heterocycles. The van der Waals surface area contributed by atoms with E-state index in [1.54, 1.807) is 0 Å². The zero-order valence-corrected chi connectivity index (χ0v) is 12.4. The quantitative estimate of drug-likeness (QED) is 0.896. The molecule has 1 aromatic rings. The normalized spacial score (nSPS) is 17.7. The number of likely N-dealkylation sites (tertiary alicyclic amines) is 1. The zero-order chi connectivity index (χ0) is 14.0. The molecule has 1 fully saturated rings. The van der Waals surface area contributed by atoms with E-state index in [4.69, 9.17) is 0 Å². The van der Waals surface area contributed by atoms with E-state index >= 15 is 0 Å². The van der Waals surface area contributed by atoms with Crippen LogP contribution in [0.15, 0.2) is 0 Å². The lowest BCUT2D eigenvalue weighted by atomic mass is 10.0. The highest BCUT2D eigenvalue weighted by atomic mass is 16.1. The predicted octanol–water partition coefficient (Wildman–Crippen LogP) is 1.34. The van der Waals surface area contributed by atoms with Crippen molar-refractivity contribution in [3.05, 3.63) is 17.0 Å². The van der Waals surface area contributed by atoms with Crippen molar-refractivity contribution in [2.75, 3.05) is 20.1 Å².